The summed E-state index contributed by atoms with van der Waals surface area (Å²) in [4.78, 5) is 0. The van der Waals surface area contributed by atoms with E-state index in [1.54, 1.807) is 0 Å². The third-order valence-corrected chi connectivity index (χ3v) is 4.30. The van der Waals surface area contributed by atoms with Crippen LogP contribution in [0.3, 0.4) is 0 Å². The number of fused-ring (bicyclic) bond motifs is 3. The van der Waals surface area contributed by atoms with E-state index in [2.05, 4.69) is 53.6 Å². The molecular formula is C19H18N4. The van der Waals surface area contributed by atoms with E-state index < -0.39 is 0 Å². The maximum atomic E-state index is 5.80. The minimum atomic E-state index is 0.745. The summed E-state index contributed by atoms with van der Waals surface area (Å²) < 4.78 is 2.14. The van der Waals surface area contributed by atoms with Crippen LogP contribution < -0.4 is 5.73 Å². The maximum Gasteiger partial charge on any atom is 0.168 e. The molecular weight excluding hydrogens is 284 g/mol. The van der Waals surface area contributed by atoms with Crippen LogP contribution in [0.2, 0.25) is 0 Å². The molecule has 2 heterocycles. The van der Waals surface area contributed by atoms with Gasteiger partial charge in [-0.15, -0.1) is 10.2 Å². The van der Waals surface area contributed by atoms with Crippen LogP contribution in [0.5, 0.6) is 0 Å². The smallest absolute Gasteiger partial charge is 0.168 e. The van der Waals surface area contributed by atoms with Gasteiger partial charge < -0.3 is 5.73 Å². The summed E-state index contributed by atoms with van der Waals surface area (Å²) in [5.74, 6) is 0.844. The zero-order valence-corrected chi connectivity index (χ0v) is 13.5. The van der Waals surface area contributed by atoms with Gasteiger partial charge in [0.1, 0.15) is 0 Å². The number of nitrogens with zero attached hydrogens (tertiary/aromatic N) is 3. The number of nitrogens with two attached hydrogens (primary N) is 1. The van der Waals surface area contributed by atoms with E-state index >= 15 is 0 Å². The lowest BCUT2D eigenvalue weighted by molar-refractivity contribution is 1.12. The highest BCUT2D eigenvalue weighted by Crippen LogP contribution is 2.29. The number of aromatic nitrogens is 3. The number of pyridine rings is 1. The Kier molecular flexibility index (Phi) is 2.88. The summed E-state index contributed by atoms with van der Waals surface area (Å²) in [5.41, 5.74) is 13.3. The summed E-state index contributed by atoms with van der Waals surface area (Å²) >= 11 is 0. The van der Waals surface area contributed by atoms with E-state index in [-0.39, 0.29) is 0 Å². The van der Waals surface area contributed by atoms with E-state index in [1.165, 1.54) is 27.6 Å². The topological polar surface area (TPSA) is 56.2 Å². The molecule has 0 aliphatic heterocycles. The molecule has 0 spiro atoms. The number of rotatable bonds is 1. The van der Waals surface area contributed by atoms with Crippen LogP contribution in [0.15, 0.2) is 42.5 Å². The van der Waals surface area contributed by atoms with Crippen LogP contribution in [-0.2, 0) is 0 Å². The molecule has 0 unspecified atom stereocenters. The van der Waals surface area contributed by atoms with Gasteiger partial charge in [0.15, 0.2) is 11.5 Å². The van der Waals surface area contributed by atoms with Gasteiger partial charge in [0.05, 0.1) is 5.52 Å². The summed E-state index contributed by atoms with van der Waals surface area (Å²) in [6, 6.07) is 14.3. The molecule has 0 radical (unpaired) electrons. The Bertz CT molecular complexity index is 1040. The van der Waals surface area contributed by atoms with Gasteiger partial charge in [-0.3, -0.25) is 4.40 Å². The first kappa shape index (κ1) is 13.8. The van der Waals surface area contributed by atoms with Crippen LogP contribution in [0.25, 0.3) is 27.9 Å². The standard InChI is InChI=1S/C19H18N4/c1-11-8-13(3)18-16(9-11)12(2)10-17-21-22-19(23(17)18)14-4-6-15(20)7-5-14/h4-10H,20H2,1-3H3. The number of hydrogen-bond donors (Lipinski definition) is 1. The van der Waals surface area contributed by atoms with Gasteiger partial charge in [-0.1, -0.05) is 11.6 Å². The molecule has 0 aliphatic rings. The van der Waals surface area contributed by atoms with Gasteiger partial charge in [-0.25, -0.2) is 0 Å². The number of hydrogen-bond acceptors (Lipinski definition) is 3. The molecule has 4 heteroatoms. The monoisotopic (exact) mass is 302 g/mol. The predicted molar refractivity (Wildman–Crippen MR) is 94.6 cm³/mol. The Morgan fingerprint density at radius 2 is 1.61 bits per heavy atom. The first-order valence-electron chi connectivity index (χ1n) is 7.66. The highest BCUT2D eigenvalue weighted by atomic mass is 15.2. The van der Waals surface area contributed by atoms with E-state index in [0.29, 0.717) is 0 Å². The van der Waals surface area contributed by atoms with E-state index in [4.69, 9.17) is 5.73 Å². The molecule has 4 aromatic rings. The zero-order chi connectivity index (χ0) is 16.1. The molecule has 23 heavy (non-hydrogen) atoms. The molecule has 114 valence electrons. The van der Waals surface area contributed by atoms with Crippen LogP contribution >= 0.6 is 0 Å². The summed E-state index contributed by atoms with van der Waals surface area (Å²) in [6.07, 6.45) is 0. The second-order valence-electron chi connectivity index (χ2n) is 6.14. The summed E-state index contributed by atoms with van der Waals surface area (Å²) in [6.45, 7) is 6.39. The van der Waals surface area contributed by atoms with Crippen molar-refractivity contribution in [2.45, 2.75) is 20.8 Å². The molecule has 0 amide bonds. The van der Waals surface area contributed by atoms with Crippen LogP contribution in [0.4, 0.5) is 5.69 Å². The number of nitrogen functional groups attached to an aromatic ring is 1. The van der Waals surface area contributed by atoms with Gasteiger partial charge in [-0.2, -0.15) is 0 Å². The van der Waals surface area contributed by atoms with Crippen molar-refractivity contribution in [3.8, 4) is 11.4 Å². The third-order valence-electron chi connectivity index (χ3n) is 4.30. The summed E-state index contributed by atoms with van der Waals surface area (Å²) in [5, 5.41) is 10.0. The zero-order valence-electron chi connectivity index (χ0n) is 13.5. The quantitative estimate of drug-likeness (QED) is 0.539. The van der Waals surface area contributed by atoms with Gasteiger partial charge in [0.2, 0.25) is 0 Å². The van der Waals surface area contributed by atoms with Crippen LogP contribution in [0.1, 0.15) is 16.7 Å². The third kappa shape index (κ3) is 2.06. The van der Waals surface area contributed by atoms with Crippen molar-refractivity contribution in [2.24, 2.45) is 0 Å². The second kappa shape index (κ2) is 4.81. The van der Waals surface area contributed by atoms with Crippen molar-refractivity contribution in [3.63, 3.8) is 0 Å². The van der Waals surface area contributed by atoms with Gasteiger partial charge >= 0.3 is 0 Å². The van der Waals surface area contributed by atoms with Gasteiger partial charge in [0, 0.05) is 16.6 Å². The SMILES string of the molecule is Cc1cc(C)c2c(c1)c(C)cc1nnc(-c3ccc(N)cc3)n12. The minimum Gasteiger partial charge on any atom is -0.399 e. The molecule has 2 aromatic carbocycles. The molecule has 0 fully saturated rings. The molecule has 2 N–H and O–H groups in total. The molecule has 0 atom stereocenters. The molecule has 0 aliphatic carbocycles. The Morgan fingerprint density at radius 1 is 0.870 bits per heavy atom. The van der Waals surface area contributed by atoms with Crippen molar-refractivity contribution in [2.75, 3.05) is 5.73 Å². The highest BCUT2D eigenvalue weighted by Gasteiger charge is 2.14. The Hall–Kier alpha value is -2.88. The fourth-order valence-corrected chi connectivity index (χ4v) is 3.26. The fourth-order valence-electron chi connectivity index (χ4n) is 3.26. The van der Waals surface area contributed by atoms with Crippen molar-refractivity contribution < 1.29 is 0 Å². The Labute approximate surface area is 134 Å². The fraction of sp³-hybridized carbons (Fsp3) is 0.158. The molecule has 4 nitrogen and oxygen atoms in total. The molecule has 0 saturated carbocycles. The van der Waals surface area contributed by atoms with Crippen molar-refractivity contribution in [1.82, 2.24) is 14.6 Å². The largest absolute Gasteiger partial charge is 0.399 e. The number of benzene rings is 2. The lowest BCUT2D eigenvalue weighted by atomic mass is 10.0. The lowest BCUT2D eigenvalue weighted by Crippen LogP contribution is -1.97. The Balaban J connectivity index is 2.16. The lowest BCUT2D eigenvalue weighted by Gasteiger charge is -2.11. The first-order valence-corrected chi connectivity index (χ1v) is 7.66. The second-order valence-corrected chi connectivity index (χ2v) is 6.14. The molecule has 4 rings (SSSR count). The first-order chi connectivity index (χ1) is 11.0. The van der Waals surface area contributed by atoms with Gasteiger partial charge in [-0.05, 0) is 68.3 Å². The van der Waals surface area contributed by atoms with Crippen molar-refractivity contribution in [1.29, 1.82) is 0 Å². The average Bonchev–Trinajstić information content (AvgIpc) is 2.91. The molecule has 0 bridgehead atoms. The molecule has 0 saturated heterocycles. The van der Waals surface area contributed by atoms with Crippen molar-refractivity contribution in [3.05, 3.63) is 59.2 Å². The van der Waals surface area contributed by atoms with E-state index in [1.807, 2.05) is 24.3 Å². The van der Waals surface area contributed by atoms with E-state index in [9.17, 15) is 0 Å². The summed E-state index contributed by atoms with van der Waals surface area (Å²) in [7, 11) is 0. The normalized spacial score (nSPS) is 11.4. The Morgan fingerprint density at radius 3 is 2.35 bits per heavy atom. The van der Waals surface area contributed by atoms with E-state index in [0.717, 1.165) is 22.7 Å². The maximum absolute atomic E-state index is 5.80. The number of aryl methyl sites for hydroxylation is 3. The molecule has 2 aromatic heterocycles. The van der Waals surface area contributed by atoms with Gasteiger partial charge in [0.25, 0.3) is 0 Å². The van der Waals surface area contributed by atoms with Crippen LogP contribution in [-0.4, -0.2) is 14.6 Å². The van der Waals surface area contributed by atoms with Crippen LogP contribution in [0, 0.1) is 20.8 Å². The number of anilines is 1. The highest BCUT2D eigenvalue weighted by molar-refractivity contribution is 5.90. The average molecular weight is 302 g/mol. The van der Waals surface area contributed by atoms with Crippen molar-refractivity contribution >= 4 is 22.2 Å². The minimum absolute atomic E-state index is 0.745. The predicted octanol–water partition coefficient (Wildman–Crippen LogP) is 4.06.